The van der Waals surface area contributed by atoms with Gasteiger partial charge in [-0.25, -0.2) is 4.68 Å². The van der Waals surface area contributed by atoms with Gasteiger partial charge >= 0.3 is 0 Å². The van der Waals surface area contributed by atoms with Gasteiger partial charge < -0.3 is 10.2 Å². The molecule has 8 nitrogen and oxygen atoms in total. The van der Waals surface area contributed by atoms with E-state index in [9.17, 15) is 14.4 Å². The number of para-hydroxylation sites is 2. The Hall–Kier alpha value is -3.55. The van der Waals surface area contributed by atoms with Crippen molar-refractivity contribution in [2.24, 2.45) is 0 Å². The molecule has 0 bridgehead atoms. The number of nitrogens with zero attached hydrogens (tertiary/aromatic N) is 4. The molecule has 1 aliphatic rings. The lowest BCUT2D eigenvalue weighted by Crippen LogP contribution is -2.43. The second kappa shape index (κ2) is 6.64. The summed E-state index contributed by atoms with van der Waals surface area (Å²) in [5.41, 5.74) is 1.27. The van der Waals surface area contributed by atoms with Gasteiger partial charge in [-0.15, -0.1) is 5.10 Å². The van der Waals surface area contributed by atoms with Crippen molar-refractivity contribution in [2.75, 3.05) is 10.2 Å². The minimum atomic E-state index is -0.376. The number of aromatic nitrogens is 3. The standard InChI is InChI=1S/C19H17N5O3/c1-12-10-17(25)20-15-8-4-5-9-16(15)24(12)18(26)11-23-19(27)13-6-2-3-7-14(13)21-22-23/h2-9,12H,10-11H2,1H3,(H,20,25)/t12-/m0/s1. The molecule has 136 valence electrons. The SMILES string of the molecule is C[C@H]1CC(=O)Nc2ccccc2N1C(=O)Cn1nnc2ccccc2c1=O. The third-order valence-corrected chi connectivity index (χ3v) is 4.54. The molecule has 0 saturated heterocycles. The Morgan fingerprint density at radius 3 is 2.74 bits per heavy atom. The van der Waals surface area contributed by atoms with Crippen LogP contribution >= 0.6 is 0 Å². The fraction of sp³-hybridized carbons (Fsp3) is 0.211. The van der Waals surface area contributed by atoms with E-state index >= 15 is 0 Å². The van der Waals surface area contributed by atoms with E-state index in [1.54, 1.807) is 55.5 Å². The first kappa shape index (κ1) is 16.9. The molecule has 0 aliphatic carbocycles. The van der Waals surface area contributed by atoms with Crippen LogP contribution in [0.4, 0.5) is 11.4 Å². The number of nitrogens with one attached hydrogen (secondary N) is 1. The van der Waals surface area contributed by atoms with Gasteiger partial charge in [-0.1, -0.05) is 29.5 Å². The smallest absolute Gasteiger partial charge is 0.278 e. The van der Waals surface area contributed by atoms with Crippen molar-refractivity contribution in [1.82, 2.24) is 15.0 Å². The van der Waals surface area contributed by atoms with Crippen LogP contribution < -0.4 is 15.8 Å². The zero-order valence-corrected chi connectivity index (χ0v) is 14.6. The van der Waals surface area contributed by atoms with Crippen LogP contribution in [0.25, 0.3) is 10.9 Å². The summed E-state index contributed by atoms with van der Waals surface area (Å²) in [4.78, 5) is 39.3. The van der Waals surface area contributed by atoms with Crippen molar-refractivity contribution in [2.45, 2.75) is 25.9 Å². The highest BCUT2D eigenvalue weighted by Crippen LogP contribution is 2.31. The maximum absolute atomic E-state index is 13.0. The van der Waals surface area contributed by atoms with Gasteiger partial charge in [0.05, 0.1) is 16.8 Å². The van der Waals surface area contributed by atoms with E-state index in [0.29, 0.717) is 22.3 Å². The molecule has 3 aromatic rings. The van der Waals surface area contributed by atoms with E-state index < -0.39 is 0 Å². The molecule has 1 aromatic heterocycles. The van der Waals surface area contributed by atoms with E-state index in [1.807, 2.05) is 0 Å². The van der Waals surface area contributed by atoms with Crippen LogP contribution in [0, 0.1) is 0 Å². The molecule has 0 unspecified atom stereocenters. The van der Waals surface area contributed by atoms with Gasteiger partial charge in [0.25, 0.3) is 5.56 Å². The van der Waals surface area contributed by atoms with E-state index in [-0.39, 0.29) is 36.4 Å². The van der Waals surface area contributed by atoms with Crippen molar-refractivity contribution < 1.29 is 9.59 Å². The first-order chi connectivity index (χ1) is 13.0. The number of anilines is 2. The molecule has 0 saturated carbocycles. The largest absolute Gasteiger partial charge is 0.324 e. The van der Waals surface area contributed by atoms with Crippen LogP contribution in [0.1, 0.15) is 13.3 Å². The zero-order chi connectivity index (χ0) is 19.0. The maximum atomic E-state index is 13.0. The average Bonchev–Trinajstić information content (AvgIpc) is 2.78. The minimum Gasteiger partial charge on any atom is -0.324 e. The Labute approximate surface area is 154 Å². The minimum absolute atomic E-state index is 0.159. The molecule has 0 spiro atoms. The molecule has 27 heavy (non-hydrogen) atoms. The molecule has 1 atom stereocenters. The van der Waals surface area contributed by atoms with Crippen molar-refractivity contribution in [3.8, 4) is 0 Å². The van der Waals surface area contributed by atoms with E-state index in [4.69, 9.17) is 0 Å². The summed E-state index contributed by atoms with van der Waals surface area (Å²) in [5.74, 6) is -0.494. The van der Waals surface area contributed by atoms with Crippen LogP contribution in [-0.2, 0) is 16.1 Å². The van der Waals surface area contributed by atoms with Crippen molar-refractivity contribution in [3.63, 3.8) is 0 Å². The number of amides is 2. The Morgan fingerprint density at radius 2 is 1.89 bits per heavy atom. The van der Waals surface area contributed by atoms with E-state index in [0.717, 1.165) is 4.68 Å². The van der Waals surface area contributed by atoms with Crippen molar-refractivity contribution in [3.05, 3.63) is 58.9 Å². The van der Waals surface area contributed by atoms with Gasteiger partial charge in [0.1, 0.15) is 12.1 Å². The summed E-state index contributed by atoms with van der Waals surface area (Å²) in [6.45, 7) is 1.54. The molecule has 0 radical (unpaired) electrons. The molecular weight excluding hydrogens is 346 g/mol. The van der Waals surface area contributed by atoms with Gasteiger partial charge in [-0.2, -0.15) is 0 Å². The van der Waals surface area contributed by atoms with Crippen LogP contribution in [0.5, 0.6) is 0 Å². The van der Waals surface area contributed by atoms with Crippen LogP contribution in [0.3, 0.4) is 0 Å². The first-order valence-electron chi connectivity index (χ1n) is 8.58. The van der Waals surface area contributed by atoms with Gasteiger partial charge in [-0.05, 0) is 31.2 Å². The molecule has 0 fully saturated rings. The summed E-state index contributed by atoms with van der Waals surface area (Å²) in [5, 5.41) is 11.1. The molecule has 2 aromatic carbocycles. The zero-order valence-electron chi connectivity index (χ0n) is 14.6. The third kappa shape index (κ3) is 3.05. The fourth-order valence-electron chi connectivity index (χ4n) is 3.30. The Balaban J connectivity index is 1.71. The Bertz CT molecular complexity index is 1110. The number of benzene rings is 2. The second-order valence-electron chi connectivity index (χ2n) is 6.45. The normalized spacial score (nSPS) is 16.6. The van der Waals surface area contributed by atoms with Gasteiger partial charge in [-0.3, -0.25) is 14.4 Å². The number of hydrogen-bond donors (Lipinski definition) is 1. The highest BCUT2D eigenvalue weighted by molar-refractivity contribution is 6.04. The molecule has 8 heteroatoms. The summed E-state index contributed by atoms with van der Waals surface area (Å²) in [6, 6.07) is 13.6. The molecular formula is C19H17N5O3. The maximum Gasteiger partial charge on any atom is 0.278 e. The quantitative estimate of drug-likeness (QED) is 0.745. The first-order valence-corrected chi connectivity index (χ1v) is 8.58. The lowest BCUT2D eigenvalue weighted by molar-refractivity contribution is -0.120. The second-order valence-corrected chi connectivity index (χ2v) is 6.45. The lowest BCUT2D eigenvalue weighted by Gasteiger charge is -2.27. The molecule has 4 rings (SSSR count). The molecule has 2 amide bonds. The van der Waals surface area contributed by atoms with Crippen LogP contribution in [0.15, 0.2) is 53.3 Å². The fourth-order valence-corrected chi connectivity index (χ4v) is 3.30. The predicted molar refractivity (Wildman–Crippen MR) is 100 cm³/mol. The van der Waals surface area contributed by atoms with Gasteiger partial charge in [0.2, 0.25) is 11.8 Å². The van der Waals surface area contributed by atoms with E-state index in [1.165, 1.54) is 4.90 Å². The Kier molecular flexibility index (Phi) is 4.15. The average molecular weight is 363 g/mol. The lowest BCUT2D eigenvalue weighted by atomic mass is 10.1. The predicted octanol–water partition coefficient (Wildman–Crippen LogP) is 1.56. The number of carbonyl (C=O) groups excluding carboxylic acids is 2. The molecule has 1 N–H and O–H groups in total. The number of hydrogen-bond acceptors (Lipinski definition) is 5. The number of carbonyl (C=O) groups is 2. The van der Waals surface area contributed by atoms with Gasteiger partial charge in [0, 0.05) is 12.5 Å². The summed E-state index contributed by atoms with van der Waals surface area (Å²) in [6.07, 6.45) is 0.165. The number of fused-ring (bicyclic) bond motifs is 2. The monoisotopic (exact) mass is 363 g/mol. The summed E-state index contributed by atoms with van der Waals surface area (Å²) >= 11 is 0. The topological polar surface area (TPSA) is 97.2 Å². The third-order valence-electron chi connectivity index (χ3n) is 4.54. The van der Waals surface area contributed by atoms with Crippen molar-refractivity contribution >= 4 is 34.1 Å². The van der Waals surface area contributed by atoms with Crippen LogP contribution in [-0.4, -0.2) is 32.9 Å². The summed E-state index contributed by atoms with van der Waals surface area (Å²) < 4.78 is 1.06. The Morgan fingerprint density at radius 1 is 1.15 bits per heavy atom. The number of rotatable bonds is 2. The van der Waals surface area contributed by atoms with E-state index in [2.05, 4.69) is 15.6 Å². The summed E-state index contributed by atoms with van der Waals surface area (Å²) in [7, 11) is 0. The highest BCUT2D eigenvalue weighted by atomic mass is 16.2. The molecule has 2 heterocycles. The van der Waals surface area contributed by atoms with Gasteiger partial charge in [0.15, 0.2) is 0 Å². The van der Waals surface area contributed by atoms with Crippen LogP contribution in [0.2, 0.25) is 0 Å². The highest BCUT2D eigenvalue weighted by Gasteiger charge is 2.30. The molecule has 1 aliphatic heterocycles. The van der Waals surface area contributed by atoms with Crippen molar-refractivity contribution in [1.29, 1.82) is 0 Å².